The van der Waals surface area contributed by atoms with Crippen molar-refractivity contribution in [3.05, 3.63) is 35.9 Å². The Balaban J connectivity index is 1.79. The number of hydrogen-bond donors (Lipinski definition) is 1. The van der Waals surface area contributed by atoms with Gasteiger partial charge in [-0.3, -0.25) is 4.99 Å². The highest BCUT2D eigenvalue weighted by Crippen LogP contribution is 2.08. The maximum atomic E-state index is 5.99. The molecule has 3 heteroatoms. The zero-order valence-corrected chi connectivity index (χ0v) is 10.3. The maximum Gasteiger partial charge on any atom is 0.191 e. The minimum absolute atomic E-state index is 0.723. The Morgan fingerprint density at radius 2 is 1.82 bits per heavy atom. The van der Waals surface area contributed by atoms with Gasteiger partial charge in [0.05, 0.1) is 0 Å². The van der Waals surface area contributed by atoms with E-state index in [-0.39, 0.29) is 0 Å². The molecule has 2 N–H and O–H groups in total. The molecule has 0 bridgehead atoms. The van der Waals surface area contributed by atoms with E-state index < -0.39 is 0 Å². The van der Waals surface area contributed by atoms with Crippen LogP contribution in [0.2, 0.25) is 0 Å². The number of piperidine rings is 1. The minimum Gasteiger partial charge on any atom is -0.370 e. The molecule has 0 aliphatic carbocycles. The predicted octanol–water partition coefficient (Wildman–Crippen LogP) is 2.03. The molecule has 1 aliphatic rings. The van der Waals surface area contributed by atoms with E-state index in [0.717, 1.165) is 32.0 Å². The van der Waals surface area contributed by atoms with Gasteiger partial charge in [0.25, 0.3) is 0 Å². The Labute approximate surface area is 103 Å². The van der Waals surface area contributed by atoms with Crippen LogP contribution in [0.15, 0.2) is 35.3 Å². The van der Waals surface area contributed by atoms with Crippen LogP contribution in [0.1, 0.15) is 24.8 Å². The molecular weight excluding hydrogens is 210 g/mol. The first kappa shape index (κ1) is 12.0. The van der Waals surface area contributed by atoms with Gasteiger partial charge >= 0.3 is 0 Å². The van der Waals surface area contributed by atoms with Crippen LogP contribution < -0.4 is 5.73 Å². The summed E-state index contributed by atoms with van der Waals surface area (Å²) < 4.78 is 0. The molecule has 2 rings (SSSR count). The van der Waals surface area contributed by atoms with E-state index in [0.29, 0.717) is 0 Å². The third-order valence-electron chi connectivity index (χ3n) is 3.20. The van der Waals surface area contributed by atoms with Gasteiger partial charge in [0.1, 0.15) is 0 Å². The van der Waals surface area contributed by atoms with E-state index in [1.54, 1.807) is 0 Å². The molecule has 0 aromatic heterocycles. The van der Waals surface area contributed by atoms with E-state index in [9.17, 15) is 0 Å². The van der Waals surface area contributed by atoms with E-state index in [1.165, 1.54) is 24.8 Å². The summed E-state index contributed by atoms with van der Waals surface area (Å²) in [5, 5.41) is 0. The lowest BCUT2D eigenvalue weighted by Gasteiger charge is -2.27. The van der Waals surface area contributed by atoms with Crippen molar-refractivity contribution >= 4 is 5.96 Å². The van der Waals surface area contributed by atoms with Crippen molar-refractivity contribution in [1.82, 2.24) is 4.90 Å². The molecule has 1 fully saturated rings. The maximum absolute atomic E-state index is 5.99. The van der Waals surface area contributed by atoms with Crippen molar-refractivity contribution in [3.63, 3.8) is 0 Å². The number of rotatable bonds is 3. The van der Waals surface area contributed by atoms with Gasteiger partial charge in [-0.15, -0.1) is 0 Å². The molecule has 1 saturated heterocycles. The zero-order valence-electron chi connectivity index (χ0n) is 10.3. The van der Waals surface area contributed by atoms with Crippen LogP contribution in [0, 0.1) is 0 Å². The van der Waals surface area contributed by atoms with Crippen molar-refractivity contribution in [2.75, 3.05) is 19.6 Å². The number of nitrogens with zero attached hydrogens (tertiary/aromatic N) is 2. The molecule has 3 nitrogen and oxygen atoms in total. The largest absolute Gasteiger partial charge is 0.370 e. The highest BCUT2D eigenvalue weighted by Gasteiger charge is 2.11. The molecule has 1 aromatic carbocycles. The number of likely N-dealkylation sites (tertiary alicyclic amines) is 1. The standard InChI is InChI=1S/C14H21N3/c15-14(17-11-5-2-6-12-17)16-10-9-13-7-3-1-4-8-13/h1,3-4,7-8H,2,5-6,9-12H2,(H2,15,16). The van der Waals surface area contributed by atoms with Crippen molar-refractivity contribution in [2.24, 2.45) is 10.7 Å². The highest BCUT2D eigenvalue weighted by molar-refractivity contribution is 5.78. The second-order valence-electron chi connectivity index (χ2n) is 4.52. The average molecular weight is 231 g/mol. The number of hydrogen-bond acceptors (Lipinski definition) is 1. The summed E-state index contributed by atoms with van der Waals surface area (Å²) in [5.74, 6) is 0.723. The van der Waals surface area contributed by atoms with Gasteiger partial charge in [0.15, 0.2) is 5.96 Å². The summed E-state index contributed by atoms with van der Waals surface area (Å²) >= 11 is 0. The van der Waals surface area contributed by atoms with Crippen molar-refractivity contribution in [2.45, 2.75) is 25.7 Å². The number of aliphatic imine (C=N–C) groups is 1. The highest BCUT2D eigenvalue weighted by atomic mass is 15.2. The Morgan fingerprint density at radius 1 is 1.12 bits per heavy atom. The molecule has 0 atom stereocenters. The first-order chi connectivity index (χ1) is 8.36. The molecule has 0 radical (unpaired) electrons. The fourth-order valence-corrected chi connectivity index (χ4v) is 2.17. The second kappa shape index (κ2) is 6.28. The Hall–Kier alpha value is -1.51. The molecule has 0 spiro atoms. The minimum atomic E-state index is 0.723. The monoisotopic (exact) mass is 231 g/mol. The lowest BCUT2D eigenvalue weighted by Crippen LogP contribution is -2.41. The second-order valence-corrected chi connectivity index (χ2v) is 4.52. The molecule has 1 heterocycles. The zero-order chi connectivity index (χ0) is 11.9. The fraction of sp³-hybridized carbons (Fsp3) is 0.500. The third kappa shape index (κ3) is 3.77. The molecule has 0 amide bonds. The summed E-state index contributed by atoms with van der Waals surface area (Å²) in [6, 6.07) is 10.4. The molecule has 1 aromatic rings. The van der Waals surface area contributed by atoms with Crippen LogP contribution in [0.5, 0.6) is 0 Å². The van der Waals surface area contributed by atoms with E-state index in [1.807, 2.05) is 6.07 Å². The lowest BCUT2D eigenvalue weighted by molar-refractivity contribution is 0.338. The van der Waals surface area contributed by atoms with Gasteiger partial charge in [-0.25, -0.2) is 0 Å². The molecule has 1 aliphatic heterocycles. The van der Waals surface area contributed by atoms with E-state index in [4.69, 9.17) is 5.73 Å². The fourth-order valence-electron chi connectivity index (χ4n) is 2.17. The first-order valence-corrected chi connectivity index (χ1v) is 6.45. The SMILES string of the molecule is NC(=NCCc1ccccc1)N1CCCCC1. The Kier molecular flexibility index (Phi) is 4.42. The molecule has 0 unspecified atom stereocenters. The lowest BCUT2D eigenvalue weighted by atomic mass is 10.1. The Morgan fingerprint density at radius 3 is 2.53 bits per heavy atom. The van der Waals surface area contributed by atoms with Crippen LogP contribution in [0.25, 0.3) is 0 Å². The van der Waals surface area contributed by atoms with Gasteiger partial charge in [-0.05, 0) is 31.2 Å². The van der Waals surface area contributed by atoms with Gasteiger partial charge < -0.3 is 10.6 Å². The first-order valence-electron chi connectivity index (χ1n) is 6.45. The quantitative estimate of drug-likeness (QED) is 0.639. The van der Waals surface area contributed by atoms with Crippen LogP contribution in [0.4, 0.5) is 0 Å². The van der Waals surface area contributed by atoms with E-state index in [2.05, 4.69) is 34.2 Å². The number of guanidine groups is 1. The van der Waals surface area contributed by atoms with Crippen molar-refractivity contribution in [1.29, 1.82) is 0 Å². The van der Waals surface area contributed by atoms with Crippen LogP contribution in [-0.4, -0.2) is 30.5 Å². The number of benzene rings is 1. The Bertz CT molecular complexity index is 353. The van der Waals surface area contributed by atoms with Crippen LogP contribution >= 0.6 is 0 Å². The van der Waals surface area contributed by atoms with Gasteiger partial charge in [0, 0.05) is 19.6 Å². The normalized spacial score (nSPS) is 17.2. The van der Waals surface area contributed by atoms with Crippen LogP contribution in [-0.2, 0) is 6.42 Å². The van der Waals surface area contributed by atoms with Crippen molar-refractivity contribution < 1.29 is 0 Å². The van der Waals surface area contributed by atoms with E-state index >= 15 is 0 Å². The van der Waals surface area contributed by atoms with Crippen LogP contribution in [0.3, 0.4) is 0 Å². The van der Waals surface area contributed by atoms with Crippen molar-refractivity contribution in [3.8, 4) is 0 Å². The number of nitrogens with two attached hydrogens (primary N) is 1. The van der Waals surface area contributed by atoms with Gasteiger partial charge in [0.2, 0.25) is 0 Å². The topological polar surface area (TPSA) is 41.6 Å². The summed E-state index contributed by atoms with van der Waals surface area (Å²) in [7, 11) is 0. The average Bonchev–Trinajstić information content (AvgIpc) is 2.41. The molecule has 0 saturated carbocycles. The molecule has 92 valence electrons. The molecular formula is C14H21N3. The summed E-state index contributed by atoms with van der Waals surface area (Å²) in [6.07, 6.45) is 4.78. The summed E-state index contributed by atoms with van der Waals surface area (Å²) in [4.78, 5) is 6.67. The van der Waals surface area contributed by atoms with Gasteiger partial charge in [-0.1, -0.05) is 30.3 Å². The predicted molar refractivity (Wildman–Crippen MR) is 72.1 cm³/mol. The third-order valence-corrected chi connectivity index (χ3v) is 3.20. The molecule has 17 heavy (non-hydrogen) atoms. The summed E-state index contributed by atoms with van der Waals surface area (Å²) in [5.41, 5.74) is 7.31. The van der Waals surface area contributed by atoms with Gasteiger partial charge in [-0.2, -0.15) is 0 Å². The smallest absolute Gasteiger partial charge is 0.191 e. The summed E-state index contributed by atoms with van der Waals surface area (Å²) in [6.45, 7) is 2.92.